The molecule has 0 aromatic heterocycles. The zero-order chi connectivity index (χ0) is 28.0. The molecule has 0 bridgehead atoms. The molecule has 2 amide bonds. The maximum atomic E-state index is 13.4. The Balaban J connectivity index is 0.00000261. The maximum absolute atomic E-state index is 13.4. The number of hydrogen-bond donors (Lipinski definition) is 1. The molecule has 0 radical (unpaired) electrons. The van der Waals surface area contributed by atoms with E-state index in [2.05, 4.69) is 30.6 Å². The van der Waals surface area contributed by atoms with Crippen molar-refractivity contribution in [3.63, 3.8) is 0 Å². The molecule has 11 heteroatoms. The summed E-state index contributed by atoms with van der Waals surface area (Å²) in [4.78, 5) is 42.3. The summed E-state index contributed by atoms with van der Waals surface area (Å²) in [6.07, 6.45) is 17.8. The van der Waals surface area contributed by atoms with Crippen LogP contribution in [-0.4, -0.2) is 103 Å². The first kappa shape index (κ1) is 35.0. The van der Waals surface area contributed by atoms with E-state index in [1.54, 1.807) is 23.1 Å². The number of piperazine rings is 1. The fourth-order valence-electron chi connectivity index (χ4n) is 4.37. The van der Waals surface area contributed by atoms with Crippen molar-refractivity contribution in [2.75, 3.05) is 53.0 Å². The Bertz CT molecular complexity index is 943. The van der Waals surface area contributed by atoms with E-state index in [-0.39, 0.29) is 45.5 Å². The standard InChI is InChI=1S/C22H29Cl2N3O6.2C2H2.CH4/c1-32-22(31)27-11-16(10-25-6-2-3-7-25)26(12-17(27)13-33-14-21(29)30)20(28)9-15-4-5-18(23)19(24)8-15;2*1-2;/h4-5,8,16-17H,2-3,6-7,9-14H2,1H3,(H,29,30);2*1-2H;1H4/t16-,17+;;;/m1.../s1. The zero-order valence-corrected chi connectivity index (χ0v) is 22.4. The second kappa shape index (κ2) is 18.3. The summed E-state index contributed by atoms with van der Waals surface area (Å²) in [6.45, 7) is 2.53. The van der Waals surface area contributed by atoms with E-state index in [9.17, 15) is 14.4 Å². The highest BCUT2D eigenvalue weighted by molar-refractivity contribution is 6.42. The molecule has 1 aromatic rings. The Hall–Kier alpha value is -2.95. The molecule has 0 unspecified atom stereocenters. The number of halogens is 2. The average molecular weight is 571 g/mol. The lowest BCUT2D eigenvalue weighted by Gasteiger charge is -2.46. The Labute approximate surface area is 235 Å². The minimum Gasteiger partial charge on any atom is -0.480 e. The Morgan fingerprint density at radius 1 is 1.00 bits per heavy atom. The summed E-state index contributed by atoms with van der Waals surface area (Å²) in [7, 11) is 1.30. The number of aliphatic carboxylic acids is 1. The van der Waals surface area contributed by atoms with E-state index in [1.807, 2.05) is 0 Å². The zero-order valence-electron chi connectivity index (χ0n) is 20.9. The van der Waals surface area contributed by atoms with E-state index in [1.165, 1.54) is 12.0 Å². The summed E-state index contributed by atoms with van der Waals surface area (Å²) in [6, 6.07) is 4.35. The molecular formula is C27H37Cl2N3O6. The van der Waals surface area contributed by atoms with Gasteiger partial charge in [0.25, 0.3) is 0 Å². The average Bonchev–Trinajstić information content (AvgIpc) is 3.41. The van der Waals surface area contributed by atoms with E-state index in [0.29, 0.717) is 16.6 Å². The van der Waals surface area contributed by atoms with Crippen molar-refractivity contribution in [1.29, 1.82) is 0 Å². The predicted octanol–water partition coefficient (Wildman–Crippen LogP) is 3.52. The van der Waals surface area contributed by atoms with Gasteiger partial charge < -0.3 is 24.4 Å². The van der Waals surface area contributed by atoms with Crippen molar-refractivity contribution in [3.8, 4) is 25.7 Å². The van der Waals surface area contributed by atoms with Gasteiger partial charge in [0.1, 0.15) is 6.61 Å². The minimum absolute atomic E-state index is 0. The quantitative estimate of drug-likeness (QED) is 0.478. The molecule has 9 nitrogen and oxygen atoms in total. The number of ether oxygens (including phenoxy) is 2. The smallest absolute Gasteiger partial charge is 0.409 e. The molecule has 2 aliphatic rings. The largest absolute Gasteiger partial charge is 0.480 e. The lowest BCUT2D eigenvalue weighted by molar-refractivity contribution is -0.145. The van der Waals surface area contributed by atoms with Crippen LogP contribution in [0.25, 0.3) is 0 Å². The van der Waals surface area contributed by atoms with Crippen molar-refractivity contribution in [2.45, 2.75) is 38.8 Å². The lowest BCUT2D eigenvalue weighted by Crippen LogP contribution is -2.64. The number of amides is 2. The monoisotopic (exact) mass is 569 g/mol. The first-order chi connectivity index (χ1) is 17.8. The fraction of sp³-hybridized carbons (Fsp3) is 0.519. The molecule has 1 aromatic carbocycles. The van der Waals surface area contributed by atoms with Crippen LogP contribution in [0.5, 0.6) is 0 Å². The van der Waals surface area contributed by atoms with Crippen LogP contribution in [0.1, 0.15) is 25.8 Å². The van der Waals surface area contributed by atoms with Gasteiger partial charge in [-0.3, -0.25) is 9.69 Å². The molecule has 2 fully saturated rings. The predicted molar refractivity (Wildman–Crippen MR) is 149 cm³/mol. The second-order valence-corrected chi connectivity index (χ2v) is 9.13. The number of hydrogen-bond acceptors (Lipinski definition) is 6. The van der Waals surface area contributed by atoms with Crippen molar-refractivity contribution >= 4 is 41.2 Å². The van der Waals surface area contributed by atoms with Gasteiger partial charge in [-0.05, 0) is 43.6 Å². The fourth-order valence-corrected chi connectivity index (χ4v) is 4.69. The van der Waals surface area contributed by atoms with E-state index >= 15 is 0 Å². The Morgan fingerprint density at radius 3 is 2.16 bits per heavy atom. The Morgan fingerprint density at radius 2 is 1.61 bits per heavy atom. The number of carboxylic acid groups (broad SMARTS) is 1. The number of benzene rings is 1. The van der Waals surface area contributed by atoms with Gasteiger partial charge in [-0.1, -0.05) is 36.7 Å². The summed E-state index contributed by atoms with van der Waals surface area (Å²) < 4.78 is 10.2. The number of methoxy groups -OCH3 is 1. The van der Waals surface area contributed by atoms with Gasteiger partial charge in [-0.25, -0.2) is 9.59 Å². The number of nitrogens with zero attached hydrogens (tertiary/aromatic N) is 3. The number of rotatable bonds is 8. The molecule has 2 saturated heterocycles. The molecule has 2 atom stereocenters. The van der Waals surface area contributed by atoms with Crippen LogP contribution in [0.15, 0.2) is 18.2 Å². The normalized spacial score (nSPS) is 18.6. The van der Waals surface area contributed by atoms with Crippen molar-refractivity contribution in [3.05, 3.63) is 33.8 Å². The van der Waals surface area contributed by atoms with Gasteiger partial charge in [0, 0.05) is 19.6 Å². The van der Waals surface area contributed by atoms with E-state index in [4.69, 9.17) is 37.8 Å². The van der Waals surface area contributed by atoms with Crippen LogP contribution in [0.4, 0.5) is 4.79 Å². The third kappa shape index (κ3) is 10.4. The maximum Gasteiger partial charge on any atom is 0.409 e. The van der Waals surface area contributed by atoms with Crippen molar-refractivity contribution in [1.82, 2.24) is 14.7 Å². The summed E-state index contributed by atoms with van der Waals surface area (Å²) >= 11 is 12.1. The van der Waals surface area contributed by atoms with Crippen LogP contribution >= 0.6 is 23.2 Å². The van der Waals surface area contributed by atoms with Crippen LogP contribution in [0, 0.1) is 25.7 Å². The van der Waals surface area contributed by atoms with Gasteiger partial charge >= 0.3 is 12.1 Å². The van der Waals surface area contributed by atoms with E-state index in [0.717, 1.165) is 31.5 Å². The topological polar surface area (TPSA) is 99.6 Å². The van der Waals surface area contributed by atoms with Gasteiger partial charge in [0.2, 0.25) is 5.91 Å². The van der Waals surface area contributed by atoms with Gasteiger partial charge in [-0.2, -0.15) is 0 Å². The summed E-state index contributed by atoms with van der Waals surface area (Å²) in [5, 5.41) is 9.69. The molecule has 3 rings (SSSR count). The van der Waals surface area contributed by atoms with Crippen LogP contribution in [0.3, 0.4) is 0 Å². The second-order valence-electron chi connectivity index (χ2n) is 8.32. The molecular weight excluding hydrogens is 533 g/mol. The number of likely N-dealkylation sites (tertiary alicyclic amines) is 1. The van der Waals surface area contributed by atoms with Crippen molar-refractivity contribution < 1.29 is 29.0 Å². The van der Waals surface area contributed by atoms with Gasteiger partial charge in [0.15, 0.2) is 0 Å². The third-order valence-corrected chi connectivity index (χ3v) is 6.71. The first-order valence-electron chi connectivity index (χ1n) is 11.5. The number of carboxylic acids is 1. The van der Waals surface area contributed by atoms with Crippen molar-refractivity contribution in [2.24, 2.45) is 0 Å². The number of carbonyl (C=O) groups is 3. The van der Waals surface area contributed by atoms with Crippen LogP contribution in [0.2, 0.25) is 10.0 Å². The summed E-state index contributed by atoms with van der Waals surface area (Å²) in [5.74, 6) is -1.21. The third-order valence-electron chi connectivity index (χ3n) is 5.97. The highest BCUT2D eigenvalue weighted by Crippen LogP contribution is 2.25. The molecule has 0 aliphatic carbocycles. The molecule has 210 valence electrons. The van der Waals surface area contributed by atoms with Gasteiger partial charge in [0.05, 0.1) is 42.3 Å². The SMILES string of the molecule is C.C#C.C#C.COC(=O)N1C[C@@H](CN2CCCC2)N(C(=O)Cc2ccc(Cl)c(Cl)c2)C[C@H]1COCC(=O)O. The van der Waals surface area contributed by atoms with Gasteiger partial charge in [-0.15, -0.1) is 25.7 Å². The van der Waals surface area contributed by atoms with Crippen LogP contribution in [-0.2, 0) is 25.5 Å². The molecule has 2 aliphatic heterocycles. The highest BCUT2D eigenvalue weighted by atomic mass is 35.5. The molecule has 38 heavy (non-hydrogen) atoms. The molecule has 0 spiro atoms. The van der Waals surface area contributed by atoms with E-state index < -0.39 is 24.7 Å². The van der Waals surface area contributed by atoms with Crippen LogP contribution < -0.4 is 0 Å². The summed E-state index contributed by atoms with van der Waals surface area (Å²) in [5.41, 5.74) is 0.739. The first-order valence-corrected chi connectivity index (χ1v) is 12.3. The lowest BCUT2D eigenvalue weighted by atomic mass is 10.0. The Kier molecular flexibility index (Phi) is 16.9. The number of carbonyl (C=O) groups excluding carboxylic acids is 2. The number of terminal acetylenes is 2. The molecule has 1 N–H and O–H groups in total. The molecule has 2 heterocycles. The minimum atomic E-state index is -1.10. The highest BCUT2D eigenvalue weighted by Gasteiger charge is 2.40. The molecule has 0 saturated carbocycles.